The second-order valence-corrected chi connectivity index (χ2v) is 17.0. The summed E-state index contributed by atoms with van der Waals surface area (Å²) >= 11 is 0. The van der Waals surface area contributed by atoms with Gasteiger partial charge in [-0.25, -0.2) is 0 Å². The van der Waals surface area contributed by atoms with Crippen LogP contribution in [0.4, 0.5) is 34.1 Å². The summed E-state index contributed by atoms with van der Waals surface area (Å²) in [5, 5.41) is 5.30. The number of para-hydroxylation sites is 4. The molecule has 0 saturated carbocycles. The van der Waals surface area contributed by atoms with Gasteiger partial charge in [-0.05, 0) is 163 Å². The monoisotopic (exact) mass is 794 g/mol. The third-order valence-electron chi connectivity index (χ3n) is 13.0. The summed E-state index contributed by atoms with van der Waals surface area (Å²) in [5.41, 5.74) is 18.2. The SMILES string of the molecule is Cc1c2c3c(cccc3c3cc(-c4ccc(N(c5ccccc5)c5ccccc5)cc4)ccc13)C(C)(C)c1cc(-c3ccc(N(c4ccccc4)c4ccccc4)cc3)ccc1-2. The van der Waals surface area contributed by atoms with Crippen LogP contribution in [0.1, 0.15) is 30.5 Å². The fourth-order valence-corrected chi connectivity index (χ4v) is 9.91. The molecular formula is C60H46N2. The summed E-state index contributed by atoms with van der Waals surface area (Å²) in [6.45, 7) is 7.13. The van der Waals surface area contributed by atoms with Crippen molar-refractivity contribution in [1.82, 2.24) is 0 Å². The van der Waals surface area contributed by atoms with E-state index in [1.165, 1.54) is 71.6 Å². The highest BCUT2D eigenvalue weighted by atomic mass is 15.1. The number of fused-ring (bicyclic) bond motifs is 4. The lowest BCUT2D eigenvalue weighted by molar-refractivity contribution is 0.645. The summed E-state index contributed by atoms with van der Waals surface area (Å²) < 4.78 is 0. The molecule has 0 N–H and O–H groups in total. The Hall–Kier alpha value is -7.68. The molecule has 0 unspecified atom stereocenters. The minimum atomic E-state index is -0.202. The molecule has 11 rings (SSSR count). The predicted octanol–water partition coefficient (Wildman–Crippen LogP) is 16.9. The van der Waals surface area contributed by atoms with Crippen LogP contribution in [0.3, 0.4) is 0 Å². The van der Waals surface area contributed by atoms with Gasteiger partial charge in [0.1, 0.15) is 0 Å². The van der Waals surface area contributed by atoms with Gasteiger partial charge in [-0.2, -0.15) is 0 Å². The van der Waals surface area contributed by atoms with Crippen LogP contribution >= 0.6 is 0 Å². The van der Waals surface area contributed by atoms with Crippen molar-refractivity contribution >= 4 is 55.7 Å². The average molecular weight is 795 g/mol. The third kappa shape index (κ3) is 6.26. The van der Waals surface area contributed by atoms with Crippen molar-refractivity contribution in [2.24, 2.45) is 0 Å². The summed E-state index contributed by atoms with van der Waals surface area (Å²) in [7, 11) is 0. The van der Waals surface area contributed by atoms with Crippen molar-refractivity contribution in [3.05, 3.63) is 241 Å². The number of benzene rings is 10. The summed E-state index contributed by atoms with van der Waals surface area (Å²) in [4.78, 5) is 4.63. The molecule has 0 aromatic heterocycles. The summed E-state index contributed by atoms with van der Waals surface area (Å²) in [6, 6.07) is 81.6. The molecule has 0 radical (unpaired) electrons. The Kier molecular flexibility index (Phi) is 9.09. The van der Waals surface area contributed by atoms with Gasteiger partial charge in [-0.1, -0.05) is 153 Å². The van der Waals surface area contributed by atoms with Crippen LogP contribution < -0.4 is 9.80 Å². The first-order valence-electron chi connectivity index (χ1n) is 21.6. The van der Waals surface area contributed by atoms with Gasteiger partial charge in [0.15, 0.2) is 0 Å². The lowest BCUT2D eigenvalue weighted by atomic mass is 9.66. The fourth-order valence-electron chi connectivity index (χ4n) is 9.91. The predicted molar refractivity (Wildman–Crippen MR) is 264 cm³/mol. The van der Waals surface area contributed by atoms with Gasteiger partial charge in [0.2, 0.25) is 0 Å². The van der Waals surface area contributed by atoms with E-state index in [0.717, 1.165) is 34.1 Å². The van der Waals surface area contributed by atoms with Crippen LogP contribution in [0.2, 0.25) is 0 Å². The Morgan fingerprint density at radius 1 is 0.323 bits per heavy atom. The number of aryl methyl sites for hydroxylation is 1. The lowest BCUT2D eigenvalue weighted by Gasteiger charge is -2.37. The van der Waals surface area contributed by atoms with Gasteiger partial charge in [0.05, 0.1) is 0 Å². The summed E-state index contributed by atoms with van der Waals surface area (Å²) in [6.07, 6.45) is 0. The minimum Gasteiger partial charge on any atom is -0.311 e. The summed E-state index contributed by atoms with van der Waals surface area (Å²) in [5.74, 6) is 0. The standard InChI is InChI=1S/C60H46N2/c1-41-52-37-31-44(42-27-33-50(34-28-42)61(46-17-8-4-9-18-46)47-19-10-5-11-20-47)39-55(52)53-25-16-26-56-59(53)58(41)54-38-32-45(40-57(54)60(56,2)3)43-29-35-51(36-30-43)62(48-21-12-6-13-22-48)49-23-14-7-15-24-49/h4-40H,1-3H3. The molecule has 0 spiro atoms. The first-order chi connectivity index (χ1) is 30.4. The molecule has 0 aliphatic heterocycles. The molecular weight excluding hydrogens is 749 g/mol. The maximum absolute atomic E-state index is 2.45. The van der Waals surface area contributed by atoms with Gasteiger partial charge in [-0.15, -0.1) is 0 Å². The van der Waals surface area contributed by atoms with E-state index in [1.54, 1.807) is 0 Å². The van der Waals surface area contributed by atoms with Crippen molar-refractivity contribution in [3.63, 3.8) is 0 Å². The molecule has 0 fully saturated rings. The van der Waals surface area contributed by atoms with E-state index in [2.05, 4.69) is 255 Å². The van der Waals surface area contributed by atoms with Gasteiger partial charge in [0.25, 0.3) is 0 Å². The molecule has 296 valence electrons. The highest BCUT2D eigenvalue weighted by Crippen LogP contribution is 2.53. The molecule has 2 nitrogen and oxygen atoms in total. The van der Waals surface area contributed by atoms with Crippen molar-refractivity contribution in [2.45, 2.75) is 26.2 Å². The van der Waals surface area contributed by atoms with E-state index in [0.29, 0.717) is 0 Å². The van der Waals surface area contributed by atoms with Gasteiger partial charge in [-0.3, -0.25) is 0 Å². The maximum atomic E-state index is 2.45. The molecule has 1 aliphatic carbocycles. The first-order valence-corrected chi connectivity index (χ1v) is 21.6. The highest BCUT2D eigenvalue weighted by Gasteiger charge is 2.35. The Balaban J connectivity index is 0.969. The van der Waals surface area contributed by atoms with Gasteiger partial charge < -0.3 is 9.80 Å². The Labute approximate surface area is 364 Å². The second kappa shape index (κ2) is 15.1. The molecule has 10 aromatic rings. The normalized spacial score (nSPS) is 12.6. The minimum absolute atomic E-state index is 0.202. The molecule has 0 saturated heterocycles. The Morgan fingerprint density at radius 2 is 0.742 bits per heavy atom. The molecule has 1 aliphatic rings. The molecule has 2 heteroatoms. The van der Waals surface area contributed by atoms with E-state index < -0.39 is 0 Å². The van der Waals surface area contributed by atoms with E-state index in [-0.39, 0.29) is 5.41 Å². The highest BCUT2D eigenvalue weighted by molar-refractivity contribution is 6.19. The van der Waals surface area contributed by atoms with Crippen LogP contribution in [0.25, 0.3) is 54.9 Å². The molecule has 10 aromatic carbocycles. The van der Waals surface area contributed by atoms with Crippen LogP contribution in [0.5, 0.6) is 0 Å². The molecule has 0 heterocycles. The van der Waals surface area contributed by atoms with Crippen LogP contribution in [-0.2, 0) is 5.41 Å². The Bertz CT molecular complexity index is 3150. The Morgan fingerprint density at radius 3 is 1.23 bits per heavy atom. The molecule has 0 atom stereocenters. The number of nitrogens with zero attached hydrogens (tertiary/aromatic N) is 2. The van der Waals surface area contributed by atoms with Gasteiger partial charge >= 0.3 is 0 Å². The largest absolute Gasteiger partial charge is 0.311 e. The first kappa shape index (κ1) is 37.3. The van der Waals surface area contributed by atoms with Crippen molar-refractivity contribution < 1.29 is 0 Å². The van der Waals surface area contributed by atoms with E-state index in [9.17, 15) is 0 Å². The maximum Gasteiger partial charge on any atom is 0.0462 e. The van der Waals surface area contributed by atoms with Crippen molar-refractivity contribution in [3.8, 4) is 33.4 Å². The van der Waals surface area contributed by atoms with Gasteiger partial charge in [0, 0.05) is 39.5 Å². The average Bonchev–Trinajstić information content (AvgIpc) is 3.33. The number of rotatable bonds is 8. The van der Waals surface area contributed by atoms with E-state index in [4.69, 9.17) is 0 Å². The molecule has 0 amide bonds. The zero-order chi connectivity index (χ0) is 41.8. The number of hydrogen-bond acceptors (Lipinski definition) is 2. The smallest absolute Gasteiger partial charge is 0.0462 e. The number of hydrogen-bond donors (Lipinski definition) is 0. The zero-order valence-electron chi connectivity index (χ0n) is 35.3. The van der Waals surface area contributed by atoms with E-state index in [1.807, 2.05) is 0 Å². The number of anilines is 6. The van der Waals surface area contributed by atoms with Crippen molar-refractivity contribution in [2.75, 3.05) is 9.80 Å². The quantitative estimate of drug-likeness (QED) is 0.141. The molecule has 62 heavy (non-hydrogen) atoms. The van der Waals surface area contributed by atoms with Crippen LogP contribution in [-0.4, -0.2) is 0 Å². The molecule has 0 bridgehead atoms. The van der Waals surface area contributed by atoms with Crippen LogP contribution in [0.15, 0.2) is 224 Å². The fraction of sp³-hybridized carbons (Fsp3) is 0.0667. The zero-order valence-corrected chi connectivity index (χ0v) is 35.3. The third-order valence-corrected chi connectivity index (χ3v) is 13.0. The second-order valence-electron chi connectivity index (χ2n) is 17.0. The van der Waals surface area contributed by atoms with Crippen LogP contribution in [0, 0.1) is 6.92 Å². The van der Waals surface area contributed by atoms with E-state index >= 15 is 0 Å². The lowest BCUT2D eigenvalue weighted by Crippen LogP contribution is -2.24. The van der Waals surface area contributed by atoms with Crippen molar-refractivity contribution in [1.29, 1.82) is 0 Å². The topological polar surface area (TPSA) is 6.48 Å².